The molecule has 11 nitrogen and oxygen atoms in total. The fraction of sp³-hybridized carbons (Fsp3) is 0.160. The van der Waals surface area contributed by atoms with Gasteiger partial charge >= 0.3 is 0 Å². The normalized spacial score (nSPS) is 10.6. The van der Waals surface area contributed by atoms with Crippen molar-refractivity contribution >= 4 is 46.5 Å². The first-order valence-electron chi connectivity index (χ1n) is 20.1. The third-order valence-electron chi connectivity index (χ3n) is 9.43. The van der Waals surface area contributed by atoms with E-state index < -0.39 is 0 Å². The Morgan fingerprint density at radius 3 is 1.07 bits per heavy atom. The van der Waals surface area contributed by atoms with Crippen LogP contribution in [0.5, 0.6) is 5.75 Å². The zero-order valence-electron chi connectivity index (χ0n) is 35.4. The second-order valence-electron chi connectivity index (χ2n) is 15.0. The maximum atomic E-state index is 5.26. The molecule has 0 spiro atoms. The highest BCUT2D eigenvalue weighted by Crippen LogP contribution is 2.23. The van der Waals surface area contributed by atoms with E-state index in [1.807, 2.05) is 130 Å². The van der Waals surface area contributed by atoms with Crippen LogP contribution in [0.15, 0.2) is 146 Å². The molecule has 0 fully saturated rings. The van der Waals surface area contributed by atoms with Crippen LogP contribution in [0, 0.1) is 34.6 Å². The van der Waals surface area contributed by atoms with Gasteiger partial charge < -0.3 is 26.0 Å². The second-order valence-corrected chi connectivity index (χ2v) is 15.0. The first kappa shape index (κ1) is 41.5. The molecule has 61 heavy (non-hydrogen) atoms. The minimum Gasteiger partial charge on any atom is -0.497 e. The molecule has 0 atom stereocenters. The first-order valence-corrected chi connectivity index (χ1v) is 20.1. The van der Waals surface area contributed by atoms with Crippen LogP contribution in [0.25, 0.3) is 0 Å². The molecule has 2 aromatic heterocycles. The third kappa shape index (κ3) is 12.7. The molecule has 2 heterocycles. The number of nitrogens with zero attached hydrogens (tertiary/aromatic N) is 6. The number of hydrogen-bond donors (Lipinski definition) is 4. The van der Waals surface area contributed by atoms with Gasteiger partial charge in [-0.05, 0) is 129 Å². The van der Waals surface area contributed by atoms with Crippen molar-refractivity contribution in [2.24, 2.45) is 0 Å². The van der Waals surface area contributed by atoms with Gasteiger partial charge in [-0.3, -0.25) is 0 Å². The van der Waals surface area contributed by atoms with E-state index in [2.05, 4.69) is 86.5 Å². The molecular weight excluding hydrogens is 757 g/mol. The number of benzene rings is 6. The van der Waals surface area contributed by atoms with Gasteiger partial charge in [0.25, 0.3) is 0 Å². The Labute approximate surface area is 357 Å². The summed E-state index contributed by atoms with van der Waals surface area (Å²) in [7, 11) is 1.67. The average molecular weight is 807 g/mol. The maximum absolute atomic E-state index is 5.26. The Morgan fingerprint density at radius 1 is 0.361 bits per heavy atom. The van der Waals surface area contributed by atoms with E-state index in [0.29, 0.717) is 36.6 Å². The van der Waals surface area contributed by atoms with Gasteiger partial charge in [0.05, 0.1) is 7.11 Å². The number of anilines is 8. The molecule has 8 aromatic rings. The molecular formula is C50H50N10O. The van der Waals surface area contributed by atoms with Crippen molar-refractivity contribution in [3.63, 3.8) is 0 Å². The predicted molar refractivity (Wildman–Crippen MR) is 247 cm³/mol. The number of rotatable bonds is 13. The van der Waals surface area contributed by atoms with E-state index in [-0.39, 0.29) is 0 Å². The molecule has 0 bridgehead atoms. The summed E-state index contributed by atoms with van der Waals surface area (Å²) >= 11 is 0. The van der Waals surface area contributed by atoms with Crippen molar-refractivity contribution in [3.05, 3.63) is 196 Å². The summed E-state index contributed by atoms with van der Waals surface area (Å²) in [6, 6.07) is 48.8. The van der Waals surface area contributed by atoms with Crippen LogP contribution < -0.4 is 26.0 Å². The lowest BCUT2D eigenvalue weighted by Crippen LogP contribution is -2.09. The van der Waals surface area contributed by atoms with E-state index in [0.717, 1.165) is 62.4 Å². The molecule has 4 N–H and O–H groups in total. The van der Waals surface area contributed by atoms with E-state index in [1.54, 1.807) is 7.11 Å². The van der Waals surface area contributed by atoms with Gasteiger partial charge in [-0.15, -0.1) is 0 Å². The SMILES string of the molecule is COc1ccc(Cc2nc(Cc3cccc(C)c3)nc(Nc3cccc(C)c3)n2)cc1.Cc1cccc(Nc2nc(Nc3cccc(C)c3)nc(Nc3cccc(C)c3)n2)c1. The summed E-state index contributed by atoms with van der Waals surface area (Å²) in [6.07, 6.45) is 1.28. The smallest absolute Gasteiger partial charge is 0.233 e. The fourth-order valence-electron chi connectivity index (χ4n) is 6.56. The van der Waals surface area contributed by atoms with Crippen LogP contribution in [0.2, 0.25) is 0 Å². The van der Waals surface area contributed by atoms with Crippen LogP contribution in [0.4, 0.5) is 46.5 Å². The van der Waals surface area contributed by atoms with Crippen molar-refractivity contribution in [3.8, 4) is 5.75 Å². The number of aromatic nitrogens is 6. The van der Waals surface area contributed by atoms with Crippen molar-refractivity contribution < 1.29 is 4.74 Å². The number of aryl methyl sites for hydroxylation is 5. The number of hydrogen-bond acceptors (Lipinski definition) is 11. The molecule has 0 amide bonds. The lowest BCUT2D eigenvalue weighted by Gasteiger charge is -2.12. The molecule has 0 aliphatic carbocycles. The molecule has 0 saturated heterocycles. The standard InChI is InChI=1S/C26H26N4O.C24H24N6/c1-18-6-4-8-21(14-18)17-25-28-24(16-20-10-12-23(31-3)13-11-20)29-26(30-25)27-22-9-5-7-19(2)15-22;1-16-7-4-10-19(13-16)25-22-28-23(26-20-11-5-8-17(2)14-20)30-24(29-22)27-21-12-6-9-18(3)15-21/h4-15H,16-17H2,1-3H3,(H,27,28,29,30);4-15H,1-3H3,(H3,25,26,27,28,29,30). The molecule has 11 heteroatoms. The van der Waals surface area contributed by atoms with Gasteiger partial charge in [0, 0.05) is 35.6 Å². The zero-order valence-corrected chi connectivity index (χ0v) is 35.4. The van der Waals surface area contributed by atoms with Crippen molar-refractivity contribution in [1.29, 1.82) is 0 Å². The van der Waals surface area contributed by atoms with Gasteiger partial charge in [-0.1, -0.05) is 90.5 Å². The fourth-order valence-corrected chi connectivity index (χ4v) is 6.56. The van der Waals surface area contributed by atoms with Crippen LogP contribution >= 0.6 is 0 Å². The molecule has 0 saturated carbocycles. The molecule has 0 aliphatic heterocycles. The Hall–Kier alpha value is -7.66. The number of ether oxygens (including phenoxy) is 1. The highest BCUT2D eigenvalue weighted by molar-refractivity contribution is 5.63. The molecule has 8 rings (SSSR count). The van der Waals surface area contributed by atoms with E-state index >= 15 is 0 Å². The summed E-state index contributed by atoms with van der Waals surface area (Å²) in [5.41, 5.74) is 11.9. The van der Waals surface area contributed by atoms with Crippen LogP contribution in [-0.2, 0) is 12.8 Å². The summed E-state index contributed by atoms with van der Waals surface area (Å²) < 4.78 is 5.26. The van der Waals surface area contributed by atoms with Gasteiger partial charge in [0.2, 0.25) is 23.8 Å². The van der Waals surface area contributed by atoms with E-state index in [1.165, 1.54) is 16.7 Å². The van der Waals surface area contributed by atoms with Crippen molar-refractivity contribution in [2.75, 3.05) is 28.4 Å². The lowest BCUT2D eigenvalue weighted by molar-refractivity contribution is 0.414. The van der Waals surface area contributed by atoms with Gasteiger partial charge in [-0.2, -0.15) is 24.9 Å². The molecule has 306 valence electrons. The highest BCUT2D eigenvalue weighted by Gasteiger charge is 2.11. The summed E-state index contributed by atoms with van der Waals surface area (Å²) in [5, 5.41) is 13.2. The van der Waals surface area contributed by atoms with Crippen LogP contribution in [-0.4, -0.2) is 37.0 Å². The summed E-state index contributed by atoms with van der Waals surface area (Å²) in [4.78, 5) is 27.8. The van der Waals surface area contributed by atoms with Crippen LogP contribution in [0.3, 0.4) is 0 Å². The average Bonchev–Trinajstić information content (AvgIpc) is 3.21. The Balaban J connectivity index is 0.000000184. The third-order valence-corrected chi connectivity index (χ3v) is 9.43. The first-order chi connectivity index (χ1) is 29.6. The van der Waals surface area contributed by atoms with E-state index in [4.69, 9.17) is 19.7 Å². The molecule has 0 radical (unpaired) electrons. The zero-order chi connectivity index (χ0) is 42.6. The monoisotopic (exact) mass is 806 g/mol. The highest BCUT2D eigenvalue weighted by atomic mass is 16.5. The predicted octanol–water partition coefficient (Wildman–Crippen LogP) is 11.4. The van der Waals surface area contributed by atoms with Gasteiger partial charge in [0.1, 0.15) is 17.4 Å². The largest absolute Gasteiger partial charge is 0.497 e. The summed E-state index contributed by atoms with van der Waals surface area (Å²) in [6.45, 7) is 10.3. The molecule has 0 unspecified atom stereocenters. The topological polar surface area (TPSA) is 135 Å². The maximum Gasteiger partial charge on any atom is 0.233 e. The Kier molecular flexibility index (Phi) is 13.5. The van der Waals surface area contributed by atoms with Crippen molar-refractivity contribution in [2.45, 2.75) is 47.5 Å². The van der Waals surface area contributed by atoms with Crippen molar-refractivity contribution in [1.82, 2.24) is 29.9 Å². The molecule has 6 aromatic carbocycles. The summed E-state index contributed by atoms with van der Waals surface area (Å²) in [5.74, 6) is 4.26. The molecule has 0 aliphatic rings. The van der Waals surface area contributed by atoms with Crippen LogP contribution in [0.1, 0.15) is 50.6 Å². The quantitative estimate of drug-likeness (QED) is 0.0887. The van der Waals surface area contributed by atoms with Gasteiger partial charge in [-0.25, -0.2) is 4.98 Å². The Morgan fingerprint density at radius 2 is 0.705 bits per heavy atom. The number of nitrogens with one attached hydrogen (secondary N) is 4. The van der Waals surface area contributed by atoms with E-state index in [9.17, 15) is 0 Å². The second kappa shape index (κ2) is 19.9. The lowest BCUT2D eigenvalue weighted by atomic mass is 10.1. The minimum atomic E-state index is 0.459. The minimum absolute atomic E-state index is 0.459. The Bertz CT molecular complexity index is 2490. The number of methoxy groups -OCH3 is 1. The van der Waals surface area contributed by atoms with Gasteiger partial charge in [0.15, 0.2) is 0 Å².